The van der Waals surface area contributed by atoms with Crippen LogP contribution in [0.25, 0.3) is 0 Å². The molecule has 2 N–H and O–H groups in total. The first kappa shape index (κ1) is 14.1. The number of aromatic nitrogens is 3. The number of hydrogen-bond acceptors (Lipinski definition) is 3. The zero-order valence-corrected chi connectivity index (χ0v) is 13.3. The van der Waals surface area contributed by atoms with Crippen LogP contribution >= 0.6 is 15.9 Å². The molecule has 0 atom stereocenters. The number of nitrogens with one attached hydrogen (secondary N) is 2. The number of halogens is 1. The zero-order chi connectivity index (χ0) is 14.8. The van der Waals surface area contributed by atoms with Gasteiger partial charge in [-0.1, -0.05) is 6.07 Å². The van der Waals surface area contributed by atoms with Gasteiger partial charge in [0.05, 0.1) is 12.2 Å². The van der Waals surface area contributed by atoms with Gasteiger partial charge in [-0.2, -0.15) is 0 Å². The summed E-state index contributed by atoms with van der Waals surface area (Å²) >= 11 is 3.44. The topological polar surface area (TPSA) is 71.8 Å². The average molecular weight is 350 g/mol. The Kier molecular flexibility index (Phi) is 3.92. The summed E-state index contributed by atoms with van der Waals surface area (Å²) in [7, 11) is 0. The number of urea groups is 1. The Morgan fingerprint density at radius 3 is 3.10 bits per heavy atom. The molecule has 0 bridgehead atoms. The Bertz CT molecular complexity index is 682. The molecule has 110 valence electrons. The number of amides is 2. The predicted molar refractivity (Wildman–Crippen MR) is 83.1 cm³/mol. The van der Waals surface area contributed by atoms with Gasteiger partial charge in [0, 0.05) is 17.4 Å². The molecule has 21 heavy (non-hydrogen) atoms. The van der Waals surface area contributed by atoms with Gasteiger partial charge in [0.1, 0.15) is 5.82 Å². The van der Waals surface area contributed by atoms with Gasteiger partial charge in [-0.3, -0.25) is 0 Å². The first-order valence-corrected chi connectivity index (χ1v) is 7.65. The molecule has 0 aliphatic carbocycles. The molecule has 0 fully saturated rings. The van der Waals surface area contributed by atoms with E-state index < -0.39 is 0 Å². The molecule has 0 saturated carbocycles. The summed E-state index contributed by atoms with van der Waals surface area (Å²) in [6.07, 6.45) is 2.07. The highest BCUT2D eigenvalue weighted by molar-refractivity contribution is 9.10. The first-order chi connectivity index (χ1) is 10.1. The summed E-state index contributed by atoms with van der Waals surface area (Å²) < 4.78 is 2.93. The van der Waals surface area contributed by atoms with Gasteiger partial charge in [0.2, 0.25) is 0 Å². The van der Waals surface area contributed by atoms with Crippen molar-refractivity contribution in [1.29, 1.82) is 0 Å². The Hall–Kier alpha value is -1.89. The van der Waals surface area contributed by atoms with Gasteiger partial charge in [-0.15, -0.1) is 10.2 Å². The van der Waals surface area contributed by atoms with E-state index in [-0.39, 0.29) is 6.03 Å². The van der Waals surface area contributed by atoms with E-state index in [9.17, 15) is 4.79 Å². The maximum atomic E-state index is 11.9. The van der Waals surface area contributed by atoms with Crippen molar-refractivity contribution in [2.24, 2.45) is 0 Å². The van der Waals surface area contributed by atoms with E-state index in [0.29, 0.717) is 6.54 Å². The van der Waals surface area contributed by atoms with E-state index in [4.69, 9.17) is 0 Å². The first-order valence-electron chi connectivity index (χ1n) is 6.85. The molecule has 0 saturated heterocycles. The molecule has 1 aliphatic heterocycles. The fourth-order valence-corrected chi connectivity index (χ4v) is 2.98. The highest BCUT2D eigenvalue weighted by atomic mass is 79.9. The zero-order valence-electron chi connectivity index (χ0n) is 11.7. The van der Waals surface area contributed by atoms with Crippen LogP contribution in [0.3, 0.4) is 0 Å². The molecule has 1 aliphatic rings. The third kappa shape index (κ3) is 3.07. The lowest BCUT2D eigenvalue weighted by Crippen LogP contribution is -2.29. The third-order valence-corrected chi connectivity index (χ3v) is 4.12. The van der Waals surface area contributed by atoms with Crippen molar-refractivity contribution in [3.8, 4) is 0 Å². The quantitative estimate of drug-likeness (QED) is 0.894. The van der Waals surface area contributed by atoms with Crippen molar-refractivity contribution in [3.63, 3.8) is 0 Å². The number of anilines is 1. The Labute approximate surface area is 131 Å². The highest BCUT2D eigenvalue weighted by Crippen LogP contribution is 2.23. The van der Waals surface area contributed by atoms with Crippen molar-refractivity contribution >= 4 is 27.6 Å². The molecule has 3 rings (SSSR count). The van der Waals surface area contributed by atoms with Crippen LogP contribution in [0.15, 0.2) is 22.7 Å². The molecule has 2 heterocycles. The molecule has 2 aromatic rings. The lowest BCUT2D eigenvalue weighted by atomic mass is 10.2. The van der Waals surface area contributed by atoms with Crippen LogP contribution in [0.2, 0.25) is 0 Å². The second kappa shape index (κ2) is 5.85. The van der Waals surface area contributed by atoms with Crippen LogP contribution in [0.5, 0.6) is 0 Å². The number of carbonyl (C=O) groups excluding carboxylic acids is 1. The Morgan fingerprint density at radius 2 is 2.29 bits per heavy atom. The second-order valence-corrected chi connectivity index (χ2v) is 5.93. The summed E-state index contributed by atoms with van der Waals surface area (Å²) in [5, 5.41) is 13.8. The minimum absolute atomic E-state index is 0.255. The van der Waals surface area contributed by atoms with Crippen LogP contribution in [0, 0.1) is 6.92 Å². The maximum Gasteiger partial charge on any atom is 0.319 e. The lowest BCUT2D eigenvalue weighted by molar-refractivity contribution is 0.251. The summed E-state index contributed by atoms with van der Waals surface area (Å²) in [5.74, 6) is 1.81. The molecule has 7 heteroatoms. The van der Waals surface area contributed by atoms with Crippen LogP contribution < -0.4 is 10.6 Å². The molecular formula is C14H16BrN5O. The van der Waals surface area contributed by atoms with Crippen LogP contribution in [-0.4, -0.2) is 20.8 Å². The van der Waals surface area contributed by atoms with Crippen LogP contribution in [-0.2, 0) is 19.5 Å². The van der Waals surface area contributed by atoms with Crippen LogP contribution in [0.4, 0.5) is 10.5 Å². The molecule has 0 radical (unpaired) electrons. The van der Waals surface area contributed by atoms with Gasteiger partial charge in [-0.25, -0.2) is 4.79 Å². The Morgan fingerprint density at radius 1 is 1.43 bits per heavy atom. The van der Waals surface area contributed by atoms with Crippen molar-refractivity contribution in [2.45, 2.75) is 32.9 Å². The number of aryl methyl sites for hydroxylation is 2. The van der Waals surface area contributed by atoms with Crippen LogP contribution in [0.1, 0.15) is 23.6 Å². The number of benzene rings is 1. The number of hydrogen-bond donors (Lipinski definition) is 2. The maximum absolute atomic E-state index is 11.9. The van der Waals surface area contributed by atoms with Crippen molar-refractivity contribution in [2.75, 3.05) is 5.32 Å². The lowest BCUT2D eigenvalue weighted by Gasteiger charge is -2.09. The van der Waals surface area contributed by atoms with E-state index in [1.54, 1.807) is 0 Å². The minimum Gasteiger partial charge on any atom is -0.331 e. The third-order valence-electron chi connectivity index (χ3n) is 3.47. The van der Waals surface area contributed by atoms with Crippen molar-refractivity contribution in [3.05, 3.63) is 39.9 Å². The van der Waals surface area contributed by atoms with E-state index >= 15 is 0 Å². The molecule has 6 nitrogen and oxygen atoms in total. The number of carbonyl (C=O) groups is 1. The van der Waals surface area contributed by atoms with Crippen molar-refractivity contribution in [1.82, 2.24) is 20.1 Å². The van der Waals surface area contributed by atoms with Gasteiger partial charge in [0.15, 0.2) is 5.82 Å². The van der Waals surface area contributed by atoms with Gasteiger partial charge in [-0.05, 0) is 47.0 Å². The second-order valence-electron chi connectivity index (χ2n) is 5.08. The van der Waals surface area contributed by atoms with Gasteiger partial charge in [0.25, 0.3) is 0 Å². The summed E-state index contributed by atoms with van der Waals surface area (Å²) in [4.78, 5) is 11.9. The standard InChI is InChI=1S/C14H16BrN5O/c1-9-4-5-11(10(15)7-9)17-14(21)16-8-13-19-18-12-3-2-6-20(12)13/h4-5,7H,2-3,6,8H2,1H3,(H2,16,17,21). The Balaban J connectivity index is 1.59. The summed E-state index contributed by atoms with van der Waals surface area (Å²) in [6.45, 7) is 3.31. The number of rotatable bonds is 3. The number of fused-ring (bicyclic) bond motifs is 1. The van der Waals surface area contributed by atoms with Gasteiger partial charge < -0.3 is 15.2 Å². The van der Waals surface area contributed by atoms with Crippen molar-refractivity contribution < 1.29 is 4.79 Å². The fourth-order valence-electron chi connectivity index (χ4n) is 2.39. The average Bonchev–Trinajstić information content (AvgIpc) is 3.03. The summed E-state index contributed by atoms with van der Waals surface area (Å²) in [5.41, 5.74) is 1.87. The molecule has 0 spiro atoms. The van der Waals surface area contributed by atoms with E-state index in [1.165, 1.54) is 0 Å². The predicted octanol–water partition coefficient (Wildman–Crippen LogP) is 2.62. The summed E-state index contributed by atoms with van der Waals surface area (Å²) in [6, 6.07) is 5.52. The monoisotopic (exact) mass is 349 g/mol. The van der Waals surface area contributed by atoms with E-state index in [0.717, 1.165) is 46.8 Å². The SMILES string of the molecule is Cc1ccc(NC(=O)NCc2nnc3n2CCC3)c(Br)c1. The highest BCUT2D eigenvalue weighted by Gasteiger charge is 2.17. The molecule has 1 aromatic carbocycles. The normalized spacial score (nSPS) is 13.0. The molecule has 2 amide bonds. The molecule has 0 unspecified atom stereocenters. The van der Waals surface area contributed by atoms with Gasteiger partial charge >= 0.3 is 6.03 Å². The molecule has 1 aromatic heterocycles. The smallest absolute Gasteiger partial charge is 0.319 e. The number of nitrogens with zero attached hydrogens (tertiary/aromatic N) is 3. The van der Waals surface area contributed by atoms with E-state index in [2.05, 4.69) is 41.3 Å². The largest absolute Gasteiger partial charge is 0.331 e. The van der Waals surface area contributed by atoms with E-state index in [1.807, 2.05) is 25.1 Å². The fraction of sp³-hybridized carbons (Fsp3) is 0.357. The minimum atomic E-state index is -0.255. The molecular weight excluding hydrogens is 334 g/mol.